The molecule has 2 heteroatoms. The first kappa shape index (κ1) is 19.6. The highest BCUT2D eigenvalue weighted by molar-refractivity contribution is 6.32. The summed E-state index contributed by atoms with van der Waals surface area (Å²) in [6.07, 6.45) is 3.09. The minimum absolute atomic E-state index is 0.117. The number of rotatable bonds is 1. The van der Waals surface area contributed by atoms with E-state index in [-0.39, 0.29) is 5.41 Å². The maximum atomic E-state index is 6.71. The molecule has 4 aromatic rings. The zero-order valence-electron chi connectivity index (χ0n) is 18.7. The van der Waals surface area contributed by atoms with E-state index in [0.29, 0.717) is 5.92 Å². The van der Waals surface area contributed by atoms with Gasteiger partial charge in [0.05, 0.1) is 5.69 Å². The summed E-state index contributed by atoms with van der Waals surface area (Å²) in [6.45, 7) is 7.00. The predicted octanol–water partition coefficient (Wildman–Crippen LogP) is 8.54. The van der Waals surface area contributed by atoms with Gasteiger partial charge in [-0.3, -0.25) is 0 Å². The van der Waals surface area contributed by atoms with Crippen molar-refractivity contribution >= 4 is 17.7 Å². The molecule has 0 bridgehead atoms. The summed E-state index contributed by atoms with van der Waals surface area (Å²) in [6, 6.07) is 28.6. The first-order chi connectivity index (χ1) is 15.5. The van der Waals surface area contributed by atoms with Crippen LogP contribution in [-0.2, 0) is 5.41 Å². The topological polar surface area (TPSA) is 4.93 Å². The third-order valence-corrected chi connectivity index (χ3v) is 7.52. The highest BCUT2D eigenvalue weighted by Gasteiger charge is 2.38. The fourth-order valence-electron chi connectivity index (χ4n) is 5.84. The maximum Gasteiger partial charge on any atom is 0.0619 e. The second-order valence-corrected chi connectivity index (χ2v) is 10.1. The molecular weight excluding hydrogens is 410 g/mol. The van der Waals surface area contributed by atoms with Crippen LogP contribution in [0.15, 0.2) is 83.9 Å². The predicted molar refractivity (Wildman–Crippen MR) is 136 cm³/mol. The Kier molecular flexibility index (Phi) is 4.29. The number of halogens is 1. The molecule has 0 spiro atoms. The molecule has 0 saturated heterocycles. The van der Waals surface area contributed by atoms with Crippen LogP contribution in [0.2, 0.25) is 0 Å². The van der Waals surface area contributed by atoms with E-state index >= 15 is 0 Å². The fraction of sp³-hybridized carbons (Fsp3) is 0.200. The summed E-state index contributed by atoms with van der Waals surface area (Å²) in [5.41, 5.74) is 11.6. The molecule has 1 atom stereocenters. The molecule has 0 aliphatic heterocycles. The molecule has 0 fully saturated rings. The number of hydrogen-bond acceptors (Lipinski definition) is 0. The van der Waals surface area contributed by atoms with Crippen LogP contribution in [0.4, 0.5) is 0 Å². The summed E-state index contributed by atoms with van der Waals surface area (Å²) in [5.74, 6) is 0.335. The van der Waals surface area contributed by atoms with Crippen LogP contribution in [0.5, 0.6) is 0 Å². The lowest BCUT2D eigenvalue weighted by atomic mass is 9.75. The van der Waals surface area contributed by atoms with E-state index in [9.17, 15) is 0 Å². The number of allylic oxidation sites excluding steroid dienone is 1. The monoisotopic (exact) mass is 435 g/mol. The van der Waals surface area contributed by atoms with E-state index in [0.717, 1.165) is 11.5 Å². The number of benzene rings is 3. The van der Waals surface area contributed by atoms with Gasteiger partial charge in [0.25, 0.3) is 0 Å². The normalized spacial score (nSPS) is 18.0. The van der Waals surface area contributed by atoms with E-state index in [1.807, 2.05) is 0 Å². The second kappa shape index (κ2) is 6.98. The van der Waals surface area contributed by atoms with Gasteiger partial charge in [-0.25, -0.2) is 0 Å². The first-order valence-electron chi connectivity index (χ1n) is 11.4. The molecule has 1 unspecified atom stereocenters. The molecule has 1 nitrogen and oxygen atoms in total. The van der Waals surface area contributed by atoms with Crippen molar-refractivity contribution in [2.75, 3.05) is 0 Å². The van der Waals surface area contributed by atoms with Gasteiger partial charge in [0.15, 0.2) is 0 Å². The third-order valence-electron chi connectivity index (χ3n) is 7.26. The molecule has 2 aliphatic rings. The van der Waals surface area contributed by atoms with Gasteiger partial charge in [-0.2, -0.15) is 0 Å². The van der Waals surface area contributed by atoms with Gasteiger partial charge < -0.3 is 4.57 Å². The van der Waals surface area contributed by atoms with Crippen molar-refractivity contribution in [3.63, 3.8) is 0 Å². The highest BCUT2D eigenvalue weighted by atomic mass is 35.5. The minimum Gasteiger partial charge on any atom is -0.312 e. The molecule has 6 rings (SSSR count). The molecule has 0 radical (unpaired) electrons. The number of hydrogen-bond donors (Lipinski definition) is 0. The van der Waals surface area contributed by atoms with Crippen LogP contribution in [0, 0.1) is 0 Å². The lowest BCUT2D eigenvalue weighted by Gasteiger charge is -2.29. The van der Waals surface area contributed by atoms with Gasteiger partial charge in [0.1, 0.15) is 0 Å². The van der Waals surface area contributed by atoms with Crippen LogP contribution in [0.3, 0.4) is 0 Å². The summed E-state index contributed by atoms with van der Waals surface area (Å²) >= 11 is 6.71. The van der Waals surface area contributed by atoms with Crippen LogP contribution < -0.4 is 0 Å². The van der Waals surface area contributed by atoms with E-state index < -0.39 is 0 Å². The smallest absolute Gasteiger partial charge is 0.0619 e. The van der Waals surface area contributed by atoms with Gasteiger partial charge in [0.2, 0.25) is 0 Å². The van der Waals surface area contributed by atoms with Crippen molar-refractivity contribution in [2.45, 2.75) is 38.5 Å². The van der Waals surface area contributed by atoms with Crippen molar-refractivity contribution in [1.82, 2.24) is 4.57 Å². The number of aromatic nitrogens is 1. The zero-order chi connectivity index (χ0) is 22.0. The Morgan fingerprint density at radius 3 is 2.12 bits per heavy atom. The van der Waals surface area contributed by atoms with E-state index in [4.69, 9.17) is 11.6 Å². The SMILES string of the molecule is CC1CC(Cl)=Cc2c3c(n(-c4ccccc4)c21)-c1ccccc1C(C)(C)c1ccccc1-3. The average Bonchev–Trinajstić information content (AvgIpc) is 3.10. The highest BCUT2D eigenvalue weighted by Crippen LogP contribution is 2.54. The Bertz CT molecular complexity index is 1390. The first-order valence-corrected chi connectivity index (χ1v) is 11.8. The second-order valence-electron chi connectivity index (χ2n) is 9.61. The average molecular weight is 436 g/mol. The molecule has 2 aliphatic carbocycles. The van der Waals surface area contributed by atoms with Crippen LogP contribution in [0.25, 0.3) is 34.1 Å². The minimum atomic E-state index is -0.117. The Balaban J connectivity index is 1.88. The molecule has 3 aromatic carbocycles. The molecule has 0 N–H and O–H groups in total. The molecule has 158 valence electrons. The molecule has 1 aromatic heterocycles. The lowest BCUT2D eigenvalue weighted by Crippen LogP contribution is -2.20. The Hall–Kier alpha value is -3.03. The van der Waals surface area contributed by atoms with Crippen molar-refractivity contribution in [3.8, 4) is 28.1 Å². The summed E-state index contributed by atoms with van der Waals surface area (Å²) in [7, 11) is 0. The van der Waals surface area contributed by atoms with Gasteiger partial charge in [-0.05, 0) is 41.3 Å². The quantitative estimate of drug-likeness (QED) is 0.282. The van der Waals surface area contributed by atoms with E-state index in [1.165, 1.54) is 50.5 Å². The zero-order valence-corrected chi connectivity index (χ0v) is 19.4. The number of para-hydroxylation sites is 1. The standard InChI is InChI=1S/C30H26ClN/c1-19-17-20(31)18-24-27-22-13-7-9-15-25(22)30(2,3)26-16-10-8-14-23(26)29(27)32(28(19)24)21-11-5-4-6-12-21/h4-16,18-19H,17H2,1-3H3. The Morgan fingerprint density at radius 2 is 1.41 bits per heavy atom. The van der Waals surface area contributed by atoms with Crippen molar-refractivity contribution in [1.29, 1.82) is 0 Å². The van der Waals surface area contributed by atoms with Gasteiger partial charge in [-0.1, -0.05) is 99.1 Å². The fourth-order valence-corrected chi connectivity index (χ4v) is 6.18. The van der Waals surface area contributed by atoms with Gasteiger partial charge >= 0.3 is 0 Å². The Labute approximate surface area is 195 Å². The summed E-state index contributed by atoms with van der Waals surface area (Å²) in [4.78, 5) is 0. The molecule has 1 heterocycles. The maximum absolute atomic E-state index is 6.71. The summed E-state index contributed by atoms with van der Waals surface area (Å²) < 4.78 is 2.51. The summed E-state index contributed by atoms with van der Waals surface area (Å²) in [5, 5.41) is 0.937. The van der Waals surface area contributed by atoms with Crippen molar-refractivity contribution in [2.24, 2.45) is 0 Å². The molecule has 0 saturated carbocycles. The largest absolute Gasteiger partial charge is 0.312 e. The van der Waals surface area contributed by atoms with Crippen LogP contribution in [-0.4, -0.2) is 4.57 Å². The Morgan fingerprint density at radius 1 is 0.812 bits per heavy atom. The van der Waals surface area contributed by atoms with Crippen LogP contribution >= 0.6 is 11.6 Å². The lowest BCUT2D eigenvalue weighted by molar-refractivity contribution is 0.645. The van der Waals surface area contributed by atoms with Crippen LogP contribution in [0.1, 0.15) is 55.5 Å². The molecular formula is C30H26ClN. The molecule has 32 heavy (non-hydrogen) atoms. The number of nitrogens with zero attached hydrogens (tertiary/aromatic N) is 1. The van der Waals surface area contributed by atoms with Gasteiger partial charge in [0, 0.05) is 44.4 Å². The third kappa shape index (κ3) is 2.64. The van der Waals surface area contributed by atoms with Crippen molar-refractivity contribution in [3.05, 3.63) is 106 Å². The molecule has 0 amide bonds. The van der Waals surface area contributed by atoms with Crippen molar-refractivity contribution < 1.29 is 0 Å². The number of fused-ring (bicyclic) bond motifs is 7. The van der Waals surface area contributed by atoms with Gasteiger partial charge in [-0.15, -0.1) is 0 Å². The van der Waals surface area contributed by atoms with E-state index in [2.05, 4.69) is 110 Å². The van der Waals surface area contributed by atoms with E-state index in [1.54, 1.807) is 0 Å².